The predicted octanol–water partition coefficient (Wildman–Crippen LogP) is 1.87. The van der Waals surface area contributed by atoms with Crippen LogP contribution in [0.4, 0.5) is 13.2 Å². The summed E-state index contributed by atoms with van der Waals surface area (Å²) in [4.78, 5) is 14.1. The molecule has 3 rings (SSSR count). The van der Waals surface area contributed by atoms with E-state index in [1.165, 1.54) is 18.3 Å². The van der Waals surface area contributed by atoms with Crippen LogP contribution in [0.3, 0.4) is 0 Å². The summed E-state index contributed by atoms with van der Waals surface area (Å²) in [6.45, 7) is 1.04. The summed E-state index contributed by atoms with van der Waals surface area (Å²) in [6, 6.07) is 3.23. The second kappa shape index (κ2) is 5.36. The van der Waals surface area contributed by atoms with Gasteiger partial charge in [-0.05, 0) is 37.4 Å². The van der Waals surface area contributed by atoms with E-state index in [9.17, 15) is 18.0 Å². The number of carbonyl (C=O) groups excluding carboxylic acids is 1. The Morgan fingerprint density at radius 1 is 1.38 bits per heavy atom. The van der Waals surface area contributed by atoms with E-state index in [0.29, 0.717) is 19.0 Å². The van der Waals surface area contributed by atoms with E-state index in [-0.39, 0.29) is 17.6 Å². The van der Waals surface area contributed by atoms with Crippen LogP contribution >= 0.6 is 0 Å². The molecule has 2 atom stereocenters. The van der Waals surface area contributed by atoms with E-state index in [4.69, 9.17) is 0 Å². The zero-order chi connectivity index (χ0) is 15.0. The minimum atomic E-state index is -4.32. The molecule has 1 aromatic heterocycles. The minimum absolute atomic E-state index is 0.117. The van der Waals surface area contributed by atoms with Gasteiger partial charge in [-0.1, -0.05) is 0 Å². The van der Waals surface area contributed by atoms with Gasteiger partial charge in [-0.3, -0.25) is 4.79 Å². The van der Waals surface area contributed by atoms with Gasteiger partial charge in [-0.2, -0.15) is 13.2 Å². The molecule has 2 saturated heterocycles. The molecule has 1 aromatic rings. The van der Waals surface area contributed by atoms with Crippen molar-refractivity contribution in [1.82, 2.24) is 14.8 Å². The van der Waals surface area contributed by atoms with E-state index >= 15 is 0 Å². The Kier molecular flexibility index (Phi) is 3.69. The van der Waals surface area contributed by atoms with Crippen LogP contribution in [0.25, 0.3) is 0 Å². The molecule has 3 heterocycles. The Bertz CT molecular complexity index is 512. The standard InChI is InChI=1S/C14H18F3N3O/c15-14(16,17)9-19-6-2-4-12(19)13(21)20-7-10-3-1-5-18-11(10)8-20/h2,4,6,10-11,18H,1,3,5,7-9H2. The summed E-state index contributed by atoms with van der Waals surface area (Å²) in [6.07, 6.45) is -0.852. The number of piperidine rings is 1. The summed E-state index contributed by atoms with van der Waals surface area (Å²) in [5.74, 6) is 0.120. The number of alkyl halides is 3. The first-order chi connectivity index (χ1) is 9.94. The summed E-state index contributed by atoms with van der Waals surface area (Å²) >= 11 is 0. The van der Waals surface area contributed by atoms with Crippen molar-refractivity contribution in [3.05, 3.63) is 24.0 Å². The lowest BCUT2D eigenvalue weighted by Crippen LogP contribution is -2.41. The van der Waals surface area contributed by atoms with Crippen LogP contribution in [0.1, 0.15) is 23.3 Å². The highest BCUT2D eigenvalue weighted by Gasteiger charge is 2.38. The number of nitrogens with one attached hydrogen (secondary N) is 1. The van der Waals surface area contributed by atoms with Crippen molar-refractivity contribution in [2.45, 2.75) is 31.6 Å². The third-order valence-electron chi connectivity index (χ3n) is 4.28. The fourth-order valence-corrected chi connectivity index (χ4v) is 3.31. The molecule has 2 aliphatic heterocycles. The van der Waals surface area contributed by atoms with E-state index < -0.39 is 12.7 Å². The maximum absolute atomic E-state index is 12.5. The highest BCUT2D eigenvalue weighted by molar-refractivity contribution is 5.93. The van der Waals surface area contributed by atoms with Crippen molar-refractivity contribution in [3.8, 4) is 0 Å². The second-order valence-electron chi connectivity index (χ2n) is 5.81. The fourth-order valence-electron chi connectivity index (χ4n) is 3.31. The zero-order valence-electron chi connectivity index (χ0n) is 11.6. The maximum Gasteiger partial charge on any atom is 0.406 e. The maximum atomic E-state index is 12.5. The van der Waals surface area contributed by atoms with Crippen molar-refractivity contribution < 1.29 is 18.0 Å². The Morgan fingerprint density at radius 2 is 2.19 bits per heavy atom. The highest BCUT2D eigenvalue weighted by atomic mass is 19.4. The molecule has 21 heavy (non-hydrogen) atoms. The number of aromatic nitrogens is 1. The Balaban J connectivity index is 1.73. The van der Waals surface area contributed by atoms with Gasteiger partial charge in [0.25, 0.3) is 5.91 Å². The number of rotatable bonds is 2. The molecule has 0 saturated carbocycles. The van der Waals surface area contributed by atoms with Crippen LogP contribution in [0.2, 0.25) is 0 Å². The van der Waals surface area contributed by atoms with Gasteiger partial charge in [0.15, 0.2) is 0 Å². The molecule has 2 aliphatic rings. The van der Waals surface area contributed by atoms with Gasteiger partial charge >= 0.3 is 6.18 Å². The topological polar surface area (TPSA) is 37.3 Å². The van der Waals surface area contributed by atoms with Crippen molar-refractivity contribution in [3.63, 3.8) is 0 Å². The van der Waals surface area contributed by atoms with Crippen molar-refractivity contribution in [2.24, 2.45) is 5.92 Å². The molecular weight excluding hydrogens is 283 g/mol. The van der Waals surface area contributed by atoms with Gasteiger partial charge < -0.3 is 14.8 Å². The number of amides is 1. The molecule has 0 spiro atoms. The smallest absolute Gasteiger partial charge is 0.335 e. The lowest BCUT2D eigenvalue weighted by atomic mass is 9.94. The number of nitrogens with zero attached hydrogens (tertiary/aromatic N) is 2. The normalized spacial score (nSPS) is 26.0. The van der Waals surface area contributed by atoms with Crippen molar-refractivity contribution in [2.75, 3.05) is 19.6 Å². The van der Waals surface area contributed by atoms with Crippen LogP contribution in [0, 0.1) is 5.92 Å². The van der Waals surface area contributed by atoms with Crippen LogP contribution in [-0.4, -0.2) is 47.2 Å². The first kappa shape index (κ1) is 14.4. The average molecular weight is 301 g/mol. The molecular formula is C14H18F3N3O. The summed E-state index contributed by atoms with van der Waals surface area (Å²) < 4.78 is 38.6. The van der Waals surface area contributed by atoms with Crippen LogP contribution in [0.5, 0.6) is 0 Å². The number of halogens is 3. The zero-order valence-corrected chi connectivity index (χ0v) is 11.6. The van der Waals surface area contributed by atoms with E-state index in [0.717, 1.165) is 24.0 Å². The summed E-state index contributed by atoms with van der Waals surface area (Å²) in [5.41, 5.74) is 0.117. The van der Waals surface area contributed by atoms with Gasteiger partial charge in [0.2, 0.25) is 0 Å². The summed E-state index contributed by atoms with van der Waals surface area (Å²) in [5, 5.41) is 3.38. The minimum Gasteiger partial charge on any atom is -0.335 e. The molecule has 2 fully saturated rings. The molecule has 0 bridgehead atoms. The Hall–Kier alpha value is -1.50. The van der Waals surface area contributed by atoms with E-state index in [1.807, 2.05) is 0 Å². The second-order valence-corrected chi connectivity index (χ2v) is 5.81. The number of hydrogen-bond donors (Lipinski definition) is 1. The largest absolute Gasteiger partial charge is 0.406 e. The quantitative estimate of drug-likeness (QED) is 0.905. The molecule has 116 valence electrons. The highest BCUT2D eigenvalue weighted by Crippen LogP contribution is 2.27. The molecule has 1 N–H and O–H groups in total. The van der Waals surface area contributed by atoms with Gasteiger partial charge in [-0.25, -0.2) is 0 Å². The number of fused-ring (bicyclic) bond motifs is 1. The molecule has 0 aliphatic carbocycles. The molecule has 0 aromatic carbocycles. The van der Waals surface area contributed by atoms with Crippen LogP contribution in [0.15, 0.2) is 18.3 Å². The monoisotopic (exact) mass is 301 g/mol. The van der Waals surface area contributed by atoms with E-state index in [1.54, 1.807) is 4.90 Å². The van der Waals surface area contributed by atoms with Gasteiger partial charge in [0.1, 0.15) is 12.2 Å². The summed E-state index contributed by atoms with van der Waals surface area (Å²) in [7, 11) is 0. The SMILES string of the molecule is O=C(c1cccn1CC(F)(F)F)N1CC2CCCNC2C1. The third kappa shape index (κ3) is 3.07. The van der Waals surface area contributed by atoms with E-state index in [2.05, 4.69) is 5.32 Å². The molecule has 4 nitrogen and oxygen atoms in total. The predicted molar refractivity (Wildman–Crippen MR) is 70.9 cm³/mol. The van der Waals surface area contributed by atoms with Gasteiger partial charge in [0, 0.05) is 25.3 Å². The molecule has 2 unspecified atom stereocenters. The lowest BCUT2D eigenvalue weighted by Gasteiger charge is -2.24. The lowest BCUT2D eigenvalue weighted by molar-refractivity contribution is -0.140. The van der Waals surface area contributed by atoms with Crippen LogP contribution < -0.4 is 5.32 Å². The Labute approximate surface area is 120 Å². The molecule has 0 radical (unpaired) electrons. The average Bonchev–Trinajstić information content (AvgIpc) is 3.01. The Morgan fingerprint density at radius 3 is 2.90 bits per heavy atom. The first-order valence-electron chi connectivity index (χ1n) is 7.18. The van der Waals surface area contributed by atoms with Crippen molar-refractivity contribution in [1.29, 1.82) is 0 Å². The number of carbonyl (C=O) groups is 1. The third-order valence-corrected chi connectivity index (χ3v) is 4.28. The molecule has 7 heteroatoms. The van der Waals surface area contributed by atoms with Gasteiger partial charge in [-0.15, -0.1) is 0 Å². The fraction of sp³-hybridized carbons (Fsp3) is 0.643. The van der Waals surface area contributed by atoms with Crippen molar-refractivity contribution >= 4 is 5.91 Å². The molecule has 1 amide bonds. The first-order valence-corrected chi connectivity index (χ1v) is 7.18. The van der Waals surface area contributed by atoms with Gasteiger partial charge in [0.05, 0.1) is 0 Å². The number of hydrogen-bond acceptors (Lipinski definition) is 2. The van der Waals surface area contributed by atoms with Crippen LogP contribution in [-0.2, 0) is 6.54 Å². The number of likely N-dealkylation sites (tertiary alicyclic amines) is 1.